The molecule has 0 atom stereocenters. The molecule has 0 unspecified atom stereocenters. The molecule has 1 heterocycles. The lowest BCUT2D eigenvalue weighted by Crippen LogP contribution is -2.27. The van der Waals surface area contributed by atoms with Crippen molar-refractivity contribution in [1.82, 2.24) is 4.31 Å². The normalized spacial score (nSPS) is 12.0. The highest BCUT2D eigenvalue weighted by Gasteiger charge is 2.23. The highest BCUT2D eigenvalue weighted by atomic mass is 32.2. The zero-order chi connectivity index (χ0) is 15.6. The summed E-state index contributed by atoms with van der Waals surface area (Å²) in [5.41, 5.74) is 9.33. The predicted octanol–water partition coefficient (Wildman–Crippen LogP) is 2.64. The van der Waals surface area contributed by atoms with Crippen molar-refractivity contribution in [2.45, 2.75) is 31.8 Å². The first-order valence-corrected chi connectivity index (χ1v) is 9.02. The van der Waals surface area contributed by atoms with Gasteiger partial charge >= 0.3 is 0 Å². The summed E-state index contributed by atoms with van der Waals surface area (Å²) in [6.45, 7) is 4.47. The molecule has 2 aromatic rings. The lowest BCUT2D eigenvalue weighted by atomic mass is 10.1. The molecule has 2 rings (SSSR count). The van der Waals surface area contributed by atoms with Crippen LogP contribution in [0.2, 0.25) is 0 Å². The Morgan fingerprint density at radius 3 is 2.52 bits per heavy atom. The van der Waals surface area contributed by atoms with Crippen molar-refractivity contribution in [2.24, 2.45) is 5.73 Å². The van der Waals surface area contributed by atoms with Gasteiger partial charge in [-0.25, -0.2) is 8.42 Å². The third-order valence-corrected chi connectivity index (χ3v) is 6.20. The molecule has 1 aromatic carbocycles. The Labute approximate surface area is 130 Å². The number of benzene rings is 1. The summed E-state index contributed by atoms with van der Waals surface area (Å²) in [4.78, 5) is 0.339. The summed E-state index contributed by atoms with van der Waals surface area (Å²) in [6, 6.07) is 5.52. The highest BCUT2D eigenvalue weighted by molar-refractivity contribution is 7.89. The fraction of sp³-hybridized carbons (Fsp3) is 0.333. The van der Waals surface area contributed by atoms with Crippen LogP contribution in [0.5, 0.6) is 0 Å². The molecule has 0 amide bonds. The van der Waals surface area contributed by atoms with Gasteiger partial charge in [0, 0.05) is 20.1 Å². The predicted molar refractivity (Wildman–Crippen MR) is 86.8 cm³/mol. The Morgan fingerprint density at radius 2 is 1.95 bits per heavy atom. The van der Waals surface area contributed by atoms with Gasteiger partial charge in [0.2, 0.25) is 10.0 Å². The van der Waals surface area contributed by atoms with Gasteiger partial charge in [0.1, 0.15) is 0 Å². The van der Waals surface area contributed by atoms with Gasteiger partial charge in [0.15, 0.2) is 0 Å². The Hall–Kier alpha value is -1.21. The maximum atomic E-state index is 12.7. The van der Waals surface area contributed by atoms with Gasteiger partial charge in [0.25, 0.3) is 0 Å². The summed E-state index contributed by atoms with van der Waals surface area (Å²) in [5.74, 6) is 0. The summed E-state index contributed by atoms with van der Waals surface area (Å²) < 4.78 is 26.9. The van der Waals surface area contributed by atoms with E-state index in [1.165, 1.54) is 4.31 Å². The first kappa shape index (κ1) is 16.2. The van der Waals surface area contributed by atoms with Crippen LogP contribution in [0.3, 0.4) is 0 Å². The molecule has 0 aliphatic heterocycles. The third-order valence-electron chi connectivity index (χ3n) is 3.53. The molecular weight excluding hydrogens is 304 g/mol. The fourth-order valence-electron chi connectivity index (χ4n) is 2.26. The molecule has 0 radical (unpaired) electrons. The zero-order valence-electron chi connectivity index (χ0n) is 12.5. The van der Waals surface area contributed by atoms with E-state index in [-0.39, 0.29) is 0 Å². The van der Waals surface area contributed by atoms with E-state index in [0.717, 1.165) is 22.3 Å². The van der Waals surface area contributed by atoms with E-state index in [2.05, 4.69) is 0 Å². The van der Waals surface area contributed by atoms with Crippen molar-refractivity contribution in [2.75, 3.05) is 7.05 Å². The van der Waals surface area contributed by atoms with Crippen LogP contribution in [0.25, 0.3) is 0 Å². The summed E-state index contributed by atoms with van der Waals surface area (Å²) in [5, 5.41) is 3.90. The van der Waals surface area contributed by atoms with Crippen LogP contribution in [-0.4, -0.2) is 19.8 Å². The molecular formula is C15H20N2O2S2. The lowest BCUT2D eigenvalue weighted by molar-refractivity contribution is 0.466. The molecule has 2 N–H and O–H groups in total. The average molecular weight is 324 g/mol. The van der Waals surface area contributed by atoms with Crippen molar-refractivity contribution in [1.29, 1.82) is 0 Å². The number of nitrogens with two attached hydrogens (primary N) is 1. The number of hydrogen-bond acceptors (Lipinski definition) is 4. The minimum Gasteiger partial charge on any atom is -0.326 e. The maximum absolute atomic E-state index is 12.7. The van der Waals surface area contributed by atoms with Crippen molar-refractivity contribution in [3.05, 3.63) is 51.2 Å². The second-order valence-electron chi connectivity index (χ2n) is 5.14. The molecule has 0 aliphatic rings. The largest absolute Gasteiger partial charge is 0.326 e. The van der Waals surface area contributed by atoms with Crippen LogP contribution in [-0.2, 0) is 23.1 Å². The maximum Gasteiger partial charge on any atom is 0.243 e. The summed E-state index contributed by atoms with van der Waals surface area (Å²) in [7, 11) is -1.91. The minimum absolute atomic E-state index is 0.336. The van der Waals surface area contributed by atoms with Crippen LogP contribution < -0.4 is 5.73 Å². The summed E-state index contributed by atoms with van der Waals surface area (Å²) in [6.07, 6.45) is 0. The van der Waals surface area contributed by atoms with E-state index in [1.54, 1.807) is 24.5 Å². The number of rotatable bonds is 5. The third kappa shape index (κ3) is 3.35. The first-order chi connectivity index (χ1) is 9.86. The van der Waals surface area contributed by atoms with Gasteiger partial charge in [0.05, 0.1) is 4.90 Å². The van der Waals surface area contributed by atoms with Crippen molar-refractivity contribution in [3.8, 4) is 0 Å². The Kier molecular flexibility index (Phi) is 4.83. The number of hydrogen-bond donors (Lipinski definition) is 1. The van der Waals surface area contributed by atoms with E-state index in [4.69, 9.17) is 5.73 Å². The molecule has 0 saturated heterocycles. The molecule has 1 aromatic heterocycles. The molecule has 21 heavy (non-hydrogen) atoms. The van der Waals surface area contributed by atoms with Crippen LogP contribution in [0.4, 0.5) is 0 Å². The monoisotopic (exact) mass is 324 g/mol. The van der Waals surface area contributed by atoms with Gasteiger partial charge in [-0.1, -0.05) is 6.07 Å². The Morgan fingerprint density at radius 1 is 1.24 bits per heavy atom. The van der Waals surface area contributed by atoms with Gasteiger partial charge < -0.3 is 5.73 Å². The standard InChI is InChI=1S/C15H20N2O2S2/c1-11-6-12(2)15(7-14(11)8-16)21(18,19)17(3)9-13-4-5-20-10-13/h4-7,10H,8-9,16H2,1-3H3. The van der Waals surface area contributed by atoms with Crippen LogP contribution in [0.1, 0.15) is 22.3 Å². The number of thiophene rings is 1. The summed E-state index contributed by atoms with van der Waals surface area (Å²) >= 11 is 1.56. The lowest BCUT2D eigenvalue weighted by Gasteiger charge is -2.19. The SMILES string of the molecule is Cc1cc(C)c(S(=O)(=O)N(C)Cc2ccsc2)cc1CN. The fourth-order valence-corrected chi connectivity index (χ4v) is 4.34. The quantitative estimate of drug-likeness (QED) is 0.919. The molecule has 0 aliphatic carbocycles. The molecule has 4 nitrogen and oxygen atoms in total. The van der Waals surface area contributed by atoms with Crippen molar-refractivity contribution >= 4 is 21.4 Å². The average Bonchev–Trinajstić information content (AvgIpc) is 2.91. The number of nitrogens with zero attached hydrogens (tertiary/aromatic N) is 1. The van der Waals surface area contributed by atoms with Crippen LogP contribution >= 0.6 is 11.3 Å². The number of sulfonamides is 1. The van der Waals surface area contributed by atoms with E-state index >= 15 is 0 Å². The van der Waals surface area contributed by atoms with Crippen molar-refractivity contribution < 1.29 is 8.42 Å². The molecule has 0 fully saturated rings. The number of aryl methyl sites for hydroxylation is 2. The van der Waals surface area contributed by atoms with Crippen molar-refractivity contribution in [3.63, 3.8) is 0 Å². The molecule has 0 spiro atoms. The second-order valence-corrected chi connectivity index (χ2v) is 7.93. The highest BCUT2D eigenvalue weighted by Crippen LogP contribution is 2.24. The molecule has 6 heteroatoms. The smallest absolute Gasteiger partial charge is 0.243 e. The van der Waals surface area contributed by atoms with Gasteiger partial charge in [-0.05, 0) is 59.0 Å². The van der Waals surface area contributed by atoms with Gasteiger partial charge in [-0.3, -0.25) is 0 Å². The van der Waals surface area contributed by atoms with E-state index in [1.807, 2.05) is 36.7 Å². The molecule has 0 bridgehead atoms. The minimum atomic E-state index is -3.51. The van der Waals surface area contributed by atoms with E-state index < -0.39 is 10.0 Å². The van der Waals surface area contributed by atoms with Gasteiger partial charge in [-0.15, -0.1) is 0 Å². The van der Waals surface area contributed by atoms with E-state index in [9.17, 15) is 8.42 Å². The topological polar surface area (TPSA) is 63.4 Å². The van der Waals surface area contributed by atoms with Crippen LogP contribution in [0, 0.1) is 13.8 Å². The Bertz CT molecular complexity index is 722. The second kappa shape index (κ2) is 6.27. The zero-order valence-corrected chi connectivity index (χ0v) is 14.1. The molecule has 114 valence electrons. The van der Waals surface area contributed by atoms with Crippen LogP contribution in [0.15, 0.2) is 33.9 Å². The molecule has 0 saturated carbocycles. The van der Waals surface area contributed by atoms with Gasteiger partial charge in [-0.2, -0.15) is 15.6 Å². The first-order valence-electron chi connectivity index (χ1n) is 6.64. The van der Waals surface area contributed by atoms with E-state index in [0.29, 0.717) is 18.0 Å². The Balaban J connectivity index is 2.39.